The summed E-state index contributed by atoms with van der Waals surface area (Å²) in [6.07, 6.45) is 0. The molecule has 1 aromatic rings. The summed E-state index contributed by atoms with van der Waals surface area (Å²) in [7, 11) is 0. The minimum Gasteiger partial charge on any atom is -0.485 e. The summed E-state index contributed by atoms with van der Waals surface area (Å²) >= 11 is 1.18. The van der Waals surface area contributed by atoms with Crippen LogP contribution in [0.2, 0.25) is 0 Å². The number of aromatic hydroxyl groups is 1. The molecule has 0 aliphatic carbocycles. The SMILES string of the molecule is Cc1nnc(O)s1. The van der Waals surface area contributed by atoms with Gasteiger partial charge in [-0.15, -0.1) is 10.2 Å². The molecule has 0 aromatic carbocycles. The summed E-state index contributed by atoms with van der Waals surface area (Å²) in [6, 6.07) is 0. The number of hydrogen-bond acceptors (Lipinski definition) is 4. The van der Waals surface area contributed by atoms with Crippen LogP contribution >= 0.6 is 11.3 Å². The fourth-order valence-corrected chi connectivity index (χ4v) is 0.714. The third-order valence-corrected chi connectivity index (χ3v) is 1.16. The molecule has 1 aromatic heterocycles. The lowest BCUT2D eigenvalue weighted by Gasteiger charge is -1.65. The Hall–Kier alpha value is -0.640. The quantitative estimate of drug-likeness (QED) is 0.538. The average molecular weight is 116 g/mol. The summed E-state index contributed by atoms with van der Waals surface area (Å²) in [5.41, 5.74) is 0. The van der Waals surface area contributed by atoms with E-state index in [4.69, 9.17) is 5.11 Å². The van der Waals surface area contributed by atoms with Gasteiger partial charge < -0.3 is 5.11 Å². The predicted octanol–water partition coefficient (Wildman–Crippen LogP) is 0.552. The molecule has 4 heteroatoms. The molecule has 0 radical (unpaired) electrons. The summed E-state index contributed by atoms with van der Waals surface area (Å²) in [6.45, 7) is 1.79. The summed E-state index contributed by atoms with van der Waals surface area (Å²) in [4.78, 5) is 0. The van der Waals surface area contributed by atoms with E-state index in [1.165, 1.54) is 11.3 Å². The first-order valence-corrected chi connectivity index (χ1v) is 2.60. The molecule has 1 heterocycles. The first-order chi connectivity index (χ1) is 3.29. The Morgan fingerprint density at radius 2 is 2.29 bits per heavy atom. The van der Waals surface area contributed by atoms with E-state index in [1.54, 1.807) is 6.92 Å². The van der Waals surface area contributed by atoms with Gasteiger partial charge in [0.15, 0.2) is 0 Å². The van der Waals surface area contributed by atoms with Crippen LogP contribution in [0.25, 0.3) is 0 Å². The highest BCUT2D eigenvalue weighted by Gasteiger charge is 1.91. The molecule has 1 N–H and O–H groups in total. The van der Waals surface area contributed by atoms with Gasteiger partial charge in [0, 0.05) is 0 Å². The highest BCUT2D eigenvalue weighted by atomic mass is 32.1. The first-order valence-electron chi connectivity index (χ1n) is 1.78. The minimum atomic E-state index is 0.0394. The van der Waals surface area contributed by atoms with Gasteiger partial charge in [-0.25, -0.2) is 0 Å². The van der Waals surface area contributed by atoms with E-state index in [0.717, 1.165) is 5.01 Å². The third-order valence-electron chi connectivity index (χ3n) is 0.515. The molecule has 0 saturated heterocycles. The smallest absolute Gasteiger partial charge is 0.291 e. The fourth-order valence-electron chi connectivity index (χ4n) is 0.286. The molecule has 7 heavy (non-hydrogen) atoms. The van der Waals surface area contributed by atoms with Gasteiger partial charge in [0.1, 0.15) is 5.01 Å². The molecule has 0 saturated carbocycles. The van der Waals surface area contributed by atoms with Crippen molar-refractivity contribution < 1.29 is 5.11 Å². The second-order valence-corrected chi connectivity index (χ2v) is 2.26. The largest absolute Gasteiger partial charge is 0.485 e. The highest BCUT2D eigenvalue weighted by molar-refractivity contribution is 7.12. The summed E-state index contributed by atoms with van der Waals surface area (Å²) in [5.74, 6) is 0. The lowest BCUT2D eigenvalue weighted by Crippen LogP contribution is -1.65. The van der Waals surface area contributed by atoms with Crippen molar-refractivity contribution >= 4 is 11.3 Å². The molecular formula is C3H4N2OS. The molecule has 0 unspecified atom stereocenters. The molecule has 0 spiro atoms. The van der Waals surface area contributed by atoms with E-state index in [0.29, 0.717) is 0 Å². The molecule has 0 fully saturated rings. The van der Waals surface area contributed by atoms with Crippen molar-refractivity contribution in [2.45, 2.75) is 6.92 Å². The fraction of sp³-hybridized carbons (Fsp3) is 0.333. The Labute approximate surface area is 44.6 Å². The van der Waals surface area contributed by atoms with Crippen molar-refractivity contribution in [3.63, 3.8) is 0 Å². The van der Waals surface area contributed by atoms with Crippen LogP contribution in [0.5, 0.6) is 5.19 Å². The topological polar surface area (TPSA) is 46.0 Å². The third kappa shape index (κ3) is 0.866. The number of hydrogen-bond donors (Lipinski definition) is 1. The van der Waals surface area contributed by atoms with Crippen molar-refractivity contribution in [1.29, 1.82) is 0 Å². The Bertz CT molecular complexity index is 145. The molecular weight excluding hydrogens is 112 g/mol. The number of nitrogens with zero attached hydrogens (tertiary/aromatic N) is 2. The van der Waals surface area contributed by atoms with Crippen molar-refractivity contribution in [3.05, 3.63) is 5.01 Å². The average Bonchev–Trinajstić information content (AvgIpc) is 1.87. The van der Waals surface area contributed by atoms with Crippen molar-refractivity contribution in [1.82, 2.24) is 10.2 Å². The Kier molecular flexibility index (Phi) is 0.941. The number of aromatic nitrogens is 2. The highest BCUT2D eigenvalue weighted by Crippen LogP contribution is 2.12. The van der Waals surface area contributed by atoms with Crippen LogP contribution in [0.1, 0.15) is 5.01 Å². The summed E-state index contributed by atoms with van der Waals surface area (Å²) < 4.78 is 0. The van der Waals surface area contributed by atoms with Gasteiger partial charge in [0.2, 0.25) is 0 Å². The molecule has 1 rings (SSSR count). The van der Waals surface area contributed by atoms with Gasteiger partial charge in [0.05, 0.1) is 0 Å². The van der Waals surface area contributed by atoms with E-state index in [9.17, 15) is 0 Å². The van der Waals surface area contributed by atoms with Gasteiger partial charge in [-0.2, -0.15) is 0 Å². The van der Waals surface area contributed by atoms with Gasteiger partial charge in [-0.1, -0.05) is 11.3 Å². The molecule has 38 valence electrons. The number of aryl methyl sites for hydroxylation is 1. The van der Waals surface area contributed by atoms with Crippen LogP contribution in [0.3, 0.4) is 0 Å². The van der Waals surface area contributed by atoms with Crippen LogP contribution in [-0.2, 0) is 0 Å². The van der Waals surface area contributed by atoms with E-state index < -0.39 is 0 Å². The maximum absolute atomic E-state index is 8.50. The van der Waals surface area contributed by atoms with Gasteiger partial charge in [-0.05, 0) is 6.92 Å². The lowest BCUT2D eigenvalue weighted by atomic mass is 10.9. The molecule has 0 aliphatic rings. The molecule has 0 amide bonds. The number of rotatable bonds is 0. The van der Waals surface area contributed by atoms with E-state index in [1.807, 2.05) is 0 Å². The van der Waals surface area contributed by atoms with Crippen molar-refractivity contribution in [2.24, 2.45) is 0 Å². The monoisotopic (exact) mass is 116 g/mol. The zero-order valence-corrected chi connectivity index (χ0v) is 4.57. The zero-order chi connectivity index (χ0) is 5.28. The van der Waals surface area contributed by atoms with Gasteiger partial charge in [0.25, 0.3) is 5.19 Å². The Morgan fingerprint density at radius 1 is 1.57 bits per heavy atom. The minimum absolute atomic E-state index is 0.0394. The first kappa shape index (κ1) is 4.52. The summed E-state index contributed by atoms with van der Waals surface area (Å²) in [5, 5.41) is 16.2. The van der Waals surface area contributed by atoms with Crippen molar-refractivity contribution in [3.8, 4) is 5.19 Å². The van der Waals surface area contributed by atoms with E-state index in [2.05, 4.69) is 10.2 Å². The normalized spacial score (nSPS) is 9.29. The molecule has 3 nitrogen and oxygen atoms in total. The van der Waals surface area contributed by atoms with Gasteiger partial charge >= 0.3 is 0 Å². The second kappa shape index (κ2) is 1.46. The molecule has 0 atom stereocenters. The van der Waals surface area contributed by atoms with E-state index >= 15 is 0 Å². The van der Waals surface area contributed by atoms with Crippen LogP contribution < -0.4 is 0 Å². The maximum atomic E-state index is 8.50. The van der Waals surface area contributed by atoms with Crippen LogP contribution in [0.15, 0.2) is 0 Å². The van der Waals surface area contributed by atoms with Crippen LogP contribution in [0.4, 0.5) is 0 Å². The van der Waals surface area contributed by atoms with Gasteiger partial charge in [-0.3, -0.25) is 0 Å². The van der Waals surface area contributed by atoms with Crippen LogP contribution in [-0.4, -0.2) is 15.3 Å². The lowest BCUT2D eigenvalue weighted by molar-refractivity contribution is 0.465. The van der Waals surface area contributed by atoms with Crippen molar-refractivity contribution in [2.75, 3.05) is 0 Å². The second-order valence-electron chi connectivity index (χ2n) is 1.10. The standard InChI is InChI=1S/C3H4N2OS/c1-2-4-5-3(6)7-2/h1H3,(H,5,6). The molecule has 0 bridgehead atoms. The zero-order valence-electron chi connectivity index (χ0n) is 3.75. The molecule has 0 aliphatic heterocycles. The Balaban J connectivity index is 3.04. The predicted molar refractivity (Wildman–Crippen MR) is 26.3 cm³/mol. The van der Waals surface area contributed by atoms with E-state index in [-0.39, 0.29) is 5.19 Å². The Morgan fingerprint density at radius 3 is 2.43 bits per heavy atom. The maximum Gasteiger partial charge on any atom is 0.291 e. The van der Waals surface area contributed by atoms with Crippen LogP contribution in [0, 0.1) is 6.92 Å².